The first-order chi connectivity index (χ1) is 6.09. The SMILES string of the molecule is CC(F)(F)c1cccc2cn[nH]c12. The third-order valence-corrected chi connectivity index (χ3v) is 1.95. The Morgan fingerprint density at radius 2 is 2.15 bits per heavy atom. The summed E-state index contributed by atoms with van der Waals surface area (Å²) in [7, 11) is 0. The van der Waals surface area contributed by atoms with Crippen LogP contribution >= 0.6 is 0 Å². The van der Waals surface area contributed by atoms with Crippen LogP contribution in [0.5, 0.6) is 0 Å². The van der Waals surface area contributed by atoms with Gasteiger partial charge in [0.25, 0.3) is 5.92 Å². The van der Waals surface area contributed by atoms with Gasteiger partial charge in [0.2, 0.25) is 0 Å². The average Bonchev–Trinajstić information content (AvgIpc) is 2.48. The number of benzene rings is 1. The number of nitrogens with one attached hydrogen (secondary N) is 1. The lowest BCUT2D eigenvalue weighted by Gasteiger charge is -2.10. The molecule has 0 aliphatic rings. The minimum atomic E-state index is -2.83. The molecule has 0 aliphatic heterocycles. The van der Waals surface area contributed by atoms with Crippen molar-refractivity contribution in [3.63, 3.8) is 0 Å². The number of H-pyrrole nitrogens is 1. The Kier molecular flexibility index (Phi) is 1.58. The lowest BCUT2D eigenvalue weighted by atomic mass is 10.1. The Hall–Kier alpha value is -1.45. The summed E-state index contributed by atoms with van der Waals surface area (Å²) in [4.78, 5) is 0. The lowest BCUT2D eigenvalue weighted by molar-refractivity contribution is 0.0189. The van der Waals surface area contributed by atoms with Crippen molar-refractivity contribution in [2.75, 3.05) is 0 Å². The minimum Gasteiger partial charge on any atom is -0.277 e. The van der Waals surface area contributed by atoms with E-state index >= 15 is 0 Å². The summed E-state index contributed by atoms with van der Waals surface area (Å²) in [5, 5.41) is 6.99. The number of hydrogen-bond acceptors (Lipinski definition) is 1. The number of hydrogen-bond donors (Lipinski definition) is 1. The molecule has 1 aromatic carbocycles. The molecule has 2 nitrogen and oxygen atoms in total. The molecule has 68 valence electrons. The fourth-order valence-electron chi connectivity index (χ4n) is 1.33. The van der Waals surface area contributed by atoms with Crippen LogP contribution in [-0.2, 0) is 5.92 Å². The van der Waals surface area contributed by atoms with E-state index in [2.05, 4.69) is 10.2 Å². The molecular formula is C9H8F2N2. The fourth-order valence-corrected chi connectivity index (χ4v) is 1.33. The standard InChI is InChI=1S/C9H8F2N2/c1-9(10,11)7-4-2-3-6-5-12-13-8(6)7/h2-5H,1H3,(H,12,13). The molecule has 0 amide bonds. The number of aromatic amines is 1. The molecule has 1 aromatic heterocycles. The van der Waals surface area contributed by atoms with Crippen molar-refractivity contribution in [3.8, 4) is 0 Å². The van der Waals surface area contributed by atoms with Gasteiger partial charge in [0.15, 0.2) is 0 Å². The van der Waals surface area contributed by atoms with Crippen LogP contribution in [0.4, 0.5) is 8.78 Å². The topological polar surface area (TPSA) is 28.7 Å². The second-order valence-electron chi connectivity index (χ2n) is 3.03. The zero-order valence-corrected chi connectivity index (χ0v) is 7.01. The summed E-state index contributed by atoms with van der Waals surface area (Å²) in [5.74, 6) is -2.83. The first-order valence-electron chi connectivity index (χ1n) is 3.89. The van der Waals surface area contributed by atoms with Gasteiger partial charge < -0.3 is 0 Å². The quantitative estimate of drug-likeness (QED) is 0.721. The first kappa shape index (κ1) is 8.16. The zero-order chi connectivity index (χ0) is 9.47. The molecule has 0 atom stereocenters. The zero-order valence-electron chi connectivity index (χ0n) is 7.01. The van der Waals surface area contributed by atoms with Crippen molar-refractivity contribution in [1.29, 1.82) is 0 Å². The number of halogens is 2. The van der Waals surface area contributed by atoms with E-state index in [-0.39, 0.29) is 5.56 Å². The molecule has 0 aliphatic carbocycles. The summed E-state index contributed by atoms with van der Waals surface area (Å²) in [5.41, 5.74) is 0.400. The molecule has 4 heteroatoms. The van der Waals surface area contributed by atoms with E-state index in [0.717, 1.165) is 6.92 Å². The van der Waals surface area contributed by atoms with Crippen molar-refractivity contribution in [2.24, 2.45) is 0 Å². The van der Waals surface area contributed by atoms with Gasteiger partial charge in [-0.05, 0) is 0 Å². The highest BCUT2D eigenvalue weighted by Gasteiger charge is 2.26. The Bertz CT molecular complexity index is 428. The Labute approximate surface area is 73.6 Å². The second kappa shape index (κ2) is 2.52. The summed E-state index contributed by atoms with van der Waals surface area (Å²) in [6, 6.07) is 4.75. The molecule has 2 rings (SSSR count). The predicted octanol–water partition coefficient (Wildman–Crippen LogP) is 2.67. The third-order valence-electron chi connectivity index (χ3n) is 1.95. The van der Waals surface area contributed by atoms with Crippen molar-refractivity contribution >= 4 is 10.9 Å². The highest BCUT2D eigenvalue weighted by atomic mass is 19.3. The lowest BCUT2D eigenvalue weighted by Crippen LogP contribution is -2.07. The fraction of sp³-hybridized carbons (Fsp3) is 0.222. The van der Waals surface area contributed by atoms with Crippen molar-refractivity contribution < 1.29 is 8.78 Å². The molecule has 0 spiro atoms. The highest BCUT2D eigenvalue weighted by Crippen LogP contribution is 2.31. The predicted molar refractivity (Wildman–Crippen MR) is 45.7 cm³/mol. The Morgan fingerprint density at radius 1 is 1.38 bits per heavy atom. The summed E-state index contributed by atoms with van der Waals surface area (Å²) < 4.78 is 26.0. The minimum absolute atomic E-state index is 0.0116. The summed E-state index contributed by atoms with van der Waals surface area (Å²) >= 11 is 0. The van der Waals surface area contributed by atoms with Crippen LogP contribution in [0.2, 0.25) is 0 Å². The maximum absolute atomic E-state index is 13.0. The van der Waals surface area contributed by atoms with E-state index < -0.39 is 5.92 Å². The third kappa shape index (κ3) is 1.28. The smallest absolute Gasteiger partial charge is 0.272 e. The van der Waals surface area contributed by atoms with Gasteiger partial charge in [0.05, 0.1) is 11.7 Å². The number of nitrogens with zero attached hydrogens (tertiary/aromatic N) is 1. The average molecular weight is 182 g/mol. The molecule has 2 aromatic rings. The number of aromatic nitrogens is 2. The van der Waals surface area contributed by atoms with Gasteiger partial charge in [-0.1, -0.05) is 18.2 Å². The van der Waals surface area contributed by atoms with Crippen molar-refractivity contribution in [2.45, 2.75) is 12.8 Å². The molecule has 0 unspecified atom stereocenters. The number of para-hydroxylation sites is 1. The number of fused-ring (bicyclic) bond motifs is 1. The molecule has 0 radical (unpaired) electrons. The molecular weight excluding hydrogens is 174 g/mol. The van der Waals surface area contributed by atoms with Gasteiger partial charge in [0.1, 0.15) is 0 Å². The Morgan fingerprint density at radius 3 is 2.85 bits per heavy atom. The van der Waals surface area contributed by atoms with E-state index in [1.54, 1.807) is 12.1 Å². The van der Waals surface area contributed by atoms with Gasteiger partial charge >= 0.3 is 0 Å². The van der Waals surface area contributed by atoms with Gasteiger partial charge in [-0.15, -0.1) is 0 Å². The largest absolute Gasteiger partial charge is 0.277 e. The molecule has 0 saturated carbocycles. The van der Waals surface area contributed by atoms with Crippen LogP contribution in [0.1, 0.15) is 12.5 Å². The summed E-state index contributed by atoms with van der Waals surface area (Å²) in [6.45, 7) is 0.878. The van der Waals surface area contributed by atoms with Crippen molar-refractivity contribution in [3.05, 3.63) is 30.0 Å². The Balaban J connectivity index is 2.75. The van der Waals surface area contributed by atoms with Gasteiger partial charge in [0, 0.05) is 17.9 Å². The van der Waals surface area contributed by atoms with Crippen LogP contribution in [0.15, 0.2) is 24.4 Å². The van der Waals surface area contributed by atoms with E-state index in [0.29, 0.717) is 10.9 Å². The highest BCUT2D eigenvalue weighted by molar-refractivity contribution is 5.81. The number of alkyl halides is 2. The molecule has 0 saturated heterocycles. The van der Waals surface area contributed by atoms with Crippen LogP contribution in [-0.4, -0.2) is 10.2 Å². The van der Waals surface area contributed by atoms with Crippen LogP contribution < -0.4 is 0 Å². The normalized spacial score (nSPS) is 12.2. The first-order valence-corrected chi connectivity index (χ1v) is 3.89. The molecule has 0 fully saturated rings. The molecule has 1 heterocycles. The van der Waals surface area contributed by atoms with Crippen LogP contribution in [0, 0.1) is 0 Å². The van der Waals surface area contributed by atoms with Gasteiger partial charge in [-0.3, -0.25) is 5.10 Å². The van der Waals surface area contributed by atoms with E-state index in [4.69, 9.17) is 0 Å². The summed E-state index contributed by atoms with van der Waals surface area (Å²) in [6.07, 6.45) is 1.53. The van der Waals surface area contributed by atoms with Crippen LogP contribution in [0.3, 0.4) is 0 Å². The van der Waals surface area contributed by atoms with E-state index in [1.165, 1.54) is 12.3 Å². The van der Waals surface area contributed by atoms with E-state index in [1.807, 2.05) is 0 Å². The maximum Gasteiger partial charge on any atom is 0.272 e. The maximum atomic E-state index is 13.0. The van der Waals surface area contributed by atoms with E-state index in [9.17, 15) is 8.78 Å². The van der Waals surface area contributed by atoms with Crippen LogP contribution in [0.25, 0.3) is 10.9 Å². The van der Waals surface area contributed by atoms with Crippen molar-refractivity contribution in [1.82, 2.24) is 10.2 Å². The second-order valence-corrected chi connectivity index (χ2v) is 3.03. The molecule has 13 heavy (non-hydrogen) atoms. The van der Waals surface area contributed by atoms with Gasteiger partial charge in [-0.25, -0.2) is 8.78 Å². The molecule has 1 N–H and O–H groups in total. The monoisotopic (exact) mass is 182 g/mol. The number of rotatable bonds is 1. The molecule has 0 bridgehead atoms. The van der Waals surface area contributed by atoms with Gasteiger partial charge in [-0.2, -0.15) is 5.10 Å².